The van der Waals surface area contributed by atoms with Gasteiger partial charge < -0.3 is 10.2 Å². The minimum atomic E-state index is -2.33. The number of carbonyl (C=O) groups is 2. The summed E-state index contributed by atoms with van der Waals surface area (Å²) in [5, 5.41) is 13.5. The van der Waals surface area contributed by atoms with Crippen molar-refractivity contribution in [3.8, 4) is 0 Å². The lowest BCUT2D eigenvalue weighted by Gasteiger charge is -1.53. The zero-order valence-electron chi connectivity index (χ0n) is 3.47. The smallest absolute Gasteiger partial charge is 0.456 e. The molecule has 2 N–H and O–H groups in total. The molecule has 0 aromatic carbocycles. The highest BCUT2D eigenvalue weighted by molar-refractivity contribution is 5.54. The van der Waals surface area contributed by atoms with Crippen molar-refractivity contribution in [2.45, 2.75) is 0 Å². The number of carboxylic acid groups (broad SMARTS) is 2. The summed E-state index contributed by atoms with van der Waals surface area (Å²) >= 11 is 0. The van der Waals surface area contributed by atoms with Gasteiger partial charge in [-0.1, -0.05) is 0 Å². The average molecular weight is 128 g/mol. The Morgan fingerprint density at radius 2 is 1.00 bits per heavy atom. The second kappa shape index (κ2) is 5.80. The van der Waals surface area contributed by atoms with Gasteiger partial charge >= 0.3 is 12.4 Å². The maximum absolute atomic E-state index is 9.92. The Bertz CT molecular complexity index is 70.0. The summed E-state index contributed by atoms with van der Waals surface area (Å²) in [6.07, 6.45) is -4.67. The molecule has 0 rings (SSSR count). The van der Waals surface area contributed by atoms with E-state index in [-0.39, 0.29) is 0 Å². The van der Waals surface area contributed by atoms with Crippen molar-refractivity contribution in [2.75, 3.05) is 0 Å². The second-order valence-electron chi connectivity index (χ2n) is 0.506. The number of rotatable bonds is 0. The molecule has 8 heavy (non-hydrogen) atoms. The third kappa shape index (κ3) is 48.1. The van der Waals surface area contributed by atoms with E-state index in [2.05, 4.69) is 0 Å². The molecule has 6 heteroatoms. The minimum absolute atomic E-state index is 2.33. The summed E-state index contributed by atoms with van der Waals surface area (Å²) < 4.78 is 19.8. The van der Waals surface area contributed by atoms with Crippen molar-refractivity contribution in [3.05, 3.63) is 0 Å². The van der Waals surface area contributed by atoms with Crippen LogP contribution in [0.2, 0.25) is 0 Å². The van der Waals surface area contributed by atoms with Crippen molar-refractivity contribution in [1.29, 1.82) is 0 Å². The van der Waals surface area contributed by atoms with E-state index in [1.807, 2.05) is 0 Å². The Balaban J connectivity index is 0. The van der Waals surface area contributed by atoms with Crippen molar-refractivity contribution in [3.63, 3.8) is 0 Å². The van der Waals surface area contributed by atoms with Crippen LogP contribution in [-0.4, -0.2) is 22.7 Å². The van der Waals surface area contributed by atoms with Gasteiger partial charge in [-0.15, -0.1) is 8.78 Å². The van der Waals surface area contributed by atoms with E-state index >= 15 is 0 Å². The molecule has 0 radical (unpaired) electrons. The molecule has 0 bridgehead atoms. The average Bonchev–Trinajstić information content (AvgIpc) is 1.25. The van der Waals surface area contributed by atoms with Gasteiger partial charge in [-0.25, -0.2) is 9.59 Å². The van der Waals surface area contributed by atoms with Gasteiger partial charge in [0.1, 0.15) is 0 Å². The molecule has 0 unspecified atom stereocenters. The Kier molecular flexibility index (Phi) is 7.20. The van der Waals surface area contributed by atoms with Gasteiger partial charge in [0, 0.05) is 0 Å². The normalized spacial score (nSPS) is 6.25. The minimum Gasteiger partial charge on any atom is -0.456 e. The Morgan fingerprint density at radius 1 is 1.00 bits per heavy atom. The molecule has 0 amide bonds. The largest absolute Gasteiger partial charge is 0.492 e. The first-order chi connectivity index (χ1) is 3.46. The molecular formula is C2H2F2O4. The van der Waals surface area contributed by atoms with E-state index in [9.17, 15) is 8.78 Å². The highest BCUT2D eigenvalue weighted by atomic mass is 19.1. The van der Waals surface area contributed by atoms with Crippen LogP contribution < -0.4 is 0 Å². The molecule has 0 atom stereocenters. The zero-order chi connectivity index (χ0) is 7.15. The summed E-state index contributed by atoms with van der Waals surface area (Å²) in [6, 6.07) is 0. The monoisotopic (exact) mass is 128 g/mol. The first kappa shape index (κ1) is 9.93. The summed E-state index contributed by atoms with van der Waals surface area (Å²) in [5.74, 6) is 0. The molecule has 0 aliphatic heterocycles. The Labute approximate surface area is 42.4 Å². The zero-order valence-corrected chi connectivity index (χ0v) is 3.47. The van der Waals surface area contributed by atoms with Crippen LogP contribution in [0.15, 0.2) is 0 Å². The summed E-state index contributed by atoms with van der Waals surface area (Å²) in [4.78, 5) is 16.7. The van der Waals surface area contributed by atoms with E-state index in [0.29, 0.717) is 0 Å². The van der Waals surface area contributed by atoms with Crippen LogP contribution in [0.4, 0.5) is 18.4 Å². The van der Waals surface area contributed by atoms with Gasteiger partial charge in [-0.05, 0) is 0 Å². The van der Waals surface area contributed by atoms with E-state index in [1.165, 1.54) is 0 Å². The van der Waals surface area contributed by atoms with Gasteiger partial charge in [0.2, 0.25) is 0 Å². The third-order valence-electron chi connectivity index (χ3n) is 0. The fraction of sp³-hybridized carbons (Fsp3) is 0. The number of halogens is 2. The maximum atomic E-state index is 9.92. The first-order valence-electron chi connectivity index (χ1n) is 1.23. The van der Waals surface area contributed by atoms with Crippen LogP contribution in [0.1, 0.15) is 0 Å². The summed E-state index contributed by atoms with van der Waals surface area (Å²) in [6.45, 7) is 0. The van der Waals surface area contributed by atoms with Crippen molar-refractivity contribution in [1.82, 2.24) is 0 Å². The quantitative estimate of drug-likeness (QED) is 0.481. The first-order valence-corrected chi connectivity index (χ1v) is 1.23. The van der Waals surface area contributed by atoms with Gasteiger partial charge in [0.15, 0.2) is 0 Å². The van der Waals surface area contributed by atoms with Crippen LogP contribution >= 0.6 is 0 Å². The van der Waals surface area contributed by atoms with Crippen molar-refractivity contribution < 1.29 is 28.6 Å². The topological polar surface area (TPSA) is 74.6 Å². The Morgan fingerprint density at radius 3 is 1.00 bits per heavy atom. The molecule has 48 valence electrons. The predicted octanol–water partition coefficient (Wildman–Crippen LogP) is 1.27. The van der Waals surface area contributed by atoms with Gasteiger partial charge in [-0.3, -0.25) is 0 Å². The van der Waals surface area contributed by atoms with Crippen LogP contribution in [-0.2, 0) is 0 Å². The van der Waals surface area contributed by atoms with Crippen LogP contribution in [0, 0.1) is 0 Å². The molecule has 0 fully saturated rings. The van der Waals surface area contributed by atoms with Crippen molar-refractivity contribution in [2.24, 2.45) is 0 Å². The standard InChI is InChI=1S/2CHFO2/c2*2-1(3)4/h2*(H,3,4). The van der Waals surface area contributed by atoms with Gasteiger partial charge in [0.05, 0.1) is 0 Å². The molecule has 0 saturated heterocycles. The number of hydrogen-bond acceptors (Lipinski definition) is 2. The predicted molar refractivity (Wildman–Crippen MR) is 18.3 cm³/mol. The van der Waals surface area contributed by atoms with Crippen LogP contribution in [0.3, 0.4) is 0 Å². The van der Waals surface area contributed by atoms with Crippen LogP contribution in [0.5, 0.6) is 0 Å². The van der Waals surface area contributed by atoms with Gasteiger partial charge in [-0.2, -0.15) is 0 Å². The highest BCUT2D eigenvalue weighted by Crippen LogP contribution is 1.58. The molecule has 0 aromatic heterocycles. The third-order valence-corrected chi connectivity index (χ3v) is 0. The van der Waals surface area contributed by atoms with E-state index in [1.54, 1.807) is 0 Å². The van der Waals surface area contributed by atoms with E-state index < -0.39 is 12.4 Å². The molecule has 0 aromatic rings. The molecule has 4 nitrogen and oxygen atoms in total. The van der Waals surface area contributed by atoms with Gasteiger partial charge in [0.25, 0.3) is 0 Å². The molecule has 0 heterocycles. The van der Waals surface area contributed by atoms with Crippen molar-refractivity contribution >= 4 is 12.4 Å². The lowest BCUT2D eigenvalue weighted by molar-refractivity contribution is 0.167. The lowest BCUT2D eigenvalue weighted by Crippen LogP contribution is -1.69. The van der Waals surface area contributed by atoms with Crippen LogP contribution in [0.25, 0.3) is 0 Å². The molecule has 0 spiro atoms. The lowest BCUT2D eigenvalue weighted by atomic mass is 11.5. The number of hydrogen-bond donors (Lipinski definition) is 2. The molecule has 0 aliphatic carbocycles. The molecular weight excluding hydrogens is 126 g/mol. The second-order valence-corrected chi connectivity index (χ2v) is 0.506. The Hall–Kier alpha value is -1.20. The molecule has 0 aliphatic rings. The fourth-order valence-electron chi connectivity index (χ4n) is 0. The SMILES string of the molecule is O=C(O)F.O=C(O)F. The molecule has 0 saturated carbocycles. The summed E-state index contributed by atoms with van der Waals surface area (Å²) in [7, 11) is 0. The van der Waals surface area contributed by atoms with E-state index in [4.69, 9.17) is 19.8 Å². The maximum Gasteiger partial charge on any atom is 0.492 e. The van der Waals surface area contributed by atoms with E-state index in [0.717, 1.165) is 0 Å². The summed E-state index contributed by atoms with van der Waals surface area (Å²) in [5.41, 5.74) is 0. The highest BCUT2D eigenvalue weighted by Gasteiger charge is 1.74. The fourth-order valence-corrected chi connectivity index (χ4v) is 0.